The van der Waals surface area contributed by atoms with Crippen molar-refractivity contribution >= 4 is 94.4 Å². The van der Waals surface area contributed by atoms with Crippen LogP contribution < -0.4 is 5.73 Å². The van der Waals surface area contributed by atoms with E-state index in [4.69, 9.17) is 5.73 Å². The number of thiol groups is 4. The summed E-state index contributed by atoms with van der Waals surface area (Å²) in [4.78, 5) is 1.71. The molecule has 0 atom stereocenters. The van der Waals surface area contributed by atoms with E-state index in [0.29, 0.717) is 48.4 Å². The Morgan fingerprint density at radius 2 is 1.65 bits per heavy atom. The van der Waals surface area contributed by atoms with Gasteiger partial charge in [0.25, 0.3) is 10.1 Å². The summed E-state index contributed by atoms with van der Waals surface area (Å²) >= 11 is 17.4. The fourth-order valence-corrected chi connectivity index (χ4v) is 4.78. The van der Waals surface area contributed by atoms with Crippen LogP contribution in [0.1, 0.15) is 23.6 Å². The highest BCUT2D eigenvalue weighted by Crippen LogP contribution is 2.39. The van der Waals surface area contributed by atoms with Crippen LogP contribution in [-0.4, -0.2) is 13.0 Å². The van der Waals surface area contributed by atoms with Crippen molar-refractivity contribution in [1.82, 2.24) is 0 Å². The molecule has 0 unspecified atom stereocenters. The van der Waals surface area contributed by atoms with Crippen LogP contribution in [0.2, 0.25) is 0 Å². The van der Waals surface area contributed by atoms with Crippen LogP contribution in [-0.2, 0) is 10.1 Å². The minimum absolute atomic E-state index is 0.0260. The lowest BCUT2D eigenvalue weighted by Crippen LogP contribution is -2.03. The monoisotopic (exact) mass is 589 g/mol. The Bertz CT molecular complexity index is 1580. The molecule has 0 aliphatic rings. The van der Waals surface area contributed by atoms with Crippen LogP contribution >= 0.6 is 50.5 Å². The highest BCUT2D eigenvalue weighted by atomic mass is 32.2. The third-order valence-electron chi connectivity index (χ3n) is 5.05. The molecule has 13 heteroatoms. The number of hydrogen-bond acceptors (Lipinski definition) is 11. The molecule has 0 bridgehead atoms. The van der Waals surface area contributed by atoms with Gasteiger partial charge in [0.15, 0.2) is 0 Å². The van der Waals surface area contributed by atoms with Gasteiger partial charge in [-0.15, -0.1) is 65.9 Å². The number of rotatable bonds is 7. The molecular formula is C24H23N5O3S5. The lowest BCUT2D eigenvalue weighted by molar-refractivity contribution is 0.483. The minimum atomic E-state index is -4.65. The average Bonchev–Trinajstić information content (AvgIpc) is 2.84. The van der Waals surface area contributed by atoms with Crippen molar-refractivity contribution in [2.24, 2.45) is 26.2 Å². The molecule has 37 heavy (non-hydrogen) atoms. The number of nitrogens with two attached hydrogens (primary N) is 1. The maximum atomic E-state index is 12.2. The van der Waals surface area contributed by atoms with Crippen molar-refractivity contribution in [3.8, 4) is 0 Å². The lowest BCUT2D eigenvalue weighted by atomic mass is 9.99. The first kappa shape index (κ1) is 29.0. The Morgan fingerprint density at radius 1 is 0.946 bits per heavy atom. The summed E-state index contributed by atoms with van der Waals surface area (Å²) in [6.45, 7) is 3.48. The predicted molar refractivity (Wildman–Crippen MR) is 160 cm³/mol. The van der Waals surface area contributed by atoms with Crippen molar-refractivity contribution in [3.63, 3.8) is 0 Å². The quantitative estimate of drug-likeness (QED) is 0.0943. The van der Waals surface area contributed by atoms with E-state index in [1.54, 1.807) is 55.5 Å². The molecule has 0 aliphatic carbocycles. The Labute approximate surface area is 237 Å². The molecule has 0 amide bonds. The van der Waals surface area contributed by atoms with Gasteiger partial charge in [-0.2, -0.15) is 13.5 Å². The number of allylic oxidation sites excluding steroid dienone is 1. The van der Waals surface area contributed by atoms with Crippen LogP contribution in [0.15, 0.2) is 94.8 Å². The second-order valence-electron chi connectivity index (χ2n) is 7.58. The Hall–Kier alpha value is -2.55. The van der Waals surface area contributed by atoms with Gasteiger partial charge in [0.1, 0.15) is 16.3 Å². The van der Waals surface area contributed by atoms with Gasteiger partial charge < -0.3 is 5.73 Å². The van der Waals surface area contributed by atoms with E-state index < -0.39 is 15.0 Å². The van der Waals surface area contributed by atoms with Gasteiger partial charge in [0.2, 0.25) is 0 Å². The normalized spacial score (nSPS) is 12.9. The molecular weight excluding hydrogens is 567 g/mol. The van der Waals surface area contributed by atoms with Crippen LogP contribution in [0.3, 0.4) is 0 Å². The van der Waals surface area contributed by atoms with E-state index in [0.717, 1.165) is 4.90 Å². The highest BCUT2D eigenvalue weighted by Gasteiger charge is 2.23. The summed E-state index contributed by atoms with van der Waals surface area (Å²) in [5.41, 5.74) is 8.50. The van der Waals surface area contributed by atoms with Crippen molar-refractivity contribution in [2.45, 2.75) is 33.4 Å². The maximum Gasteiger partial charge on any atom is 0.296 e. The fourth-order valence-electron chi connectivity index (χ4n) is 3.26. The Kier molecular flexibility index (Phi) is 9.67. The smallest absolute Gasteiger partial charge is 0.296 e. The van der Waals surface area contributed by atoms with E-state index in [9.17, 15) is 13.0 Å². The molecule has 0 heterocycles. The third-order valence-corrected chi connectivity index (χ3v) is 7.32. The molecule has 0 aliphatic heterocycles. The first-order valence-electron chi connectivity index (χ1n) is 10.5. The number of nitrogens with zero attached hydrogens (tertiary/aromatic N) is 4. The highest BCUT2D eigenvalue weighted by molar-refractivity contribution is 7.90. The zero-order valence-electron chi connectivity index (χ0n) is 19.6. The van der Waals surface area contributed by atoms with Crippen molar-refractivity contribution in [2.75, 3.05) is 0 Å². The maximum absolute atomic E-state index is 12.2. The van der Waals surface area contributed by atoms with Crippen LogP contribution in [0, 0.1) is 6.92 Å². The molecule has 0 saturated carbocycles. The number of azo groups is 2. The third kappa shape index (κ3) is 7.06. The SMILES string of the molecule is C/C=C\c1c(/C(S)=C/N)cc(S(=O)(=O)O)c(N=Nc2ccc(N=Nc3cc(S)ccc3S)cc2S)c1C. The Morgan fingerprint density at radius 3 is 2.27 bits per heavy atom. The van der Waals surface area contributed by atoms with Crippen molar-refractivity contribution in [1.29, 1.82) is 0 Å². The molecule has 0 spiro atoms. The van der Waals surface area contributed by atoms with Gasteiger partial charge >= 0.3 is 0 Å². The number of benzene rings is 3. The van der Waals surface area contributed by atoms with Crippen LogP contribution in [0.25, 0.3) is 11.0 Å². The van der Waals surface area contributed by atoms with E-state index >= 15 is 0 Å². The van der Waals surface area contributed by atoms with E-state index in [1.165, 1.54) is 12.3 Å². The number of hydrogen-bond donors (Lipinski definition) is 6. The molecule has 0 fully saturated rings. The zero-order valence-corrected chi connectivity index (χ0v) is 24.0. The van der Waals surface area contributed by atoms with Crippen molar-refractivity contribution < 1.29 is 13.0 Å². The molecule has 0 aromatic heterocycles. The predicted octanol–water partition coefficient (Wildman–Crippen LogP) is 8.16. The summed E-state index contributed by atoms with van der Waals surface area (Å²) in [5.74, 6) is 0. The summed E-state index contributed by atoms with van der Waals surface area (Å²) in [5, 5.41) is 16.8. The van der Waals surface area contributed by atoms with E-state index in [1.807, 2.05) is 6.92 Å². The van der Waals surface area contributed by atoms with Crippen LogP contribution in [0.5, 0.6) is 0 Å². The van der Waals surface area contributed by atoms with Gasteiger partial charge in [0.05, 0.1) is 11.4 Å². The molecule has 0 saturated heterocycles. The summed E-state index contributed by atoms with van der Waals surface area (Å²) in [6, 6.07) is 11.5. The molecule has 192 valence electrons. The summed E-state index contributed by atoms with van der Waals surface area (Å²) < 4.78 is 34.3. The Balaban J connectivity index is 2.05. The first-order valence-corrected chi connectivity index (χ1v) is 13.8. The largest absolute Gasteiger partial charge is 0.404 e. The fraction of sp³-hybridized carbons (Fsp3) is 0.0833. The van der Waals surface area contributed by atoms with Gasteiger partial charge in [-0.25, -0.2) is 0 Å². The summed E-state index contributed by atoms with van der Waals surface area (Å²) in [6.07, 6.45) is 4.78. The van der Waals surface area contributed by atoms with Gasteiger partial charge in [0, 0.05) is 25.8 Å². The molecule has 3 rings (SSSR count). The minimum Gasteiger partial charge on any atom is -0.404 e. The summed E-state index contributed by atoms with van der Waals surface area (Å²) in [7, 11) is -4.65. The topological polar surface area (TPSA) is 130 Å². The van der Waals surface area contributed by atoms with Crippen LogP contribution in [0.4, 0.5) is 22.7 Å². The van der Waals surface area contributed by atoms with Gasteiger partial charge in [-0.3, -0.25) is 4.55 Å². The van der Waals surface area contributed by atoms with Crippen molar-refractivity contribution in [3.05, 3.63) is 71.4 Å². The second kappa shape index (κ2) is 12.3. The van der Waals surface area contributed by atoms with Gasteiger partial charge in [-0.05, 0) is 73.0 Å². The molecule has 8 nitrogen and oxygen atoms in total. The standard InChI is InChI=1S/C24H23N5O3S5/c1-3-4-16-13(2)24(23(37(30,31)32)11-17(16)22(36)12-25)29-27-18-7-5-14(9-21(18)35)26-28-19-10-15(33)6-8-20(19)34/h3-12,33-36H,25H2,1-2H3,(H,30,31,32)/b4-3-,22-12-,28-26?,29-27?. The van der Waals surface area contributed by atoms with E-state index in [-0.39, 0.29) is 5.69 Å². The van der Waals surface area contributed by atoms with Gasteiger partial charge in [-0.1, -0.05) is 12.2 Å². The molecule has 3 N–H and O–H groups in total. The molecule has 3 aromatic carbocycles. The molecule has 3 aromatic rings. The lowest BCUT2D eigenvalue weighted by Gasteiger charge is -2.14. The second-order valence-corrected chi connectivity index (χ2v) is 10.9. The van der Waals surface area contributed by atoms with E-state index in [2.05, 4.69) is 71.0 Å². The first-order chi connectivity index (χ1) is 17.5. The average molecular weight is 590 g/mol. The molecule has 0 radical (unpaired) electrons. The zero-order chi connectivity index (χ0) is 27.3.